The highest BCUT2D eigenvalue weighted by atomic mass is 16.3. The van der Waals surface area contributed by atoms with Gasteiger partial charge in [0.25, 0.3) is 5.91 Å². The van der Waals surface area contributed by atoms with Gasteiger partial charge in [-0.05, 0) is 37.8 Å². The summed E-state index contributed by atoms with van der Waals surface area (Å²) in [7, 11) is 1.91. The number of amides is 2. The molecule has 1 aromatic carbocycles. The first-order valence-corrected chi connectivity index (χ1v) is 8.07. The molecule has 6 heteroatoms. The Kier molecular flexibility index (Phi) is 4.26. The Labute approximate surface area is 136 Å². The normalized spacial score (nSPS) is 22.4. The highest BCUT2D eigenvalue weighted by Crippen LogP contribution is 2.36. The van der Waals surface area contributed by atoms with Crippen molar-refractivity contribution in [2.45, 2.75) is 31.9 Å². The molecule has 1 aliphatic carbocycles. The highest BCUT2D eigenvalue weighted by Gasteiger charge is 2.36. The van der Waals surface area contributed by atoms with E-state index in [1.165, 1.54) is 6.92 Å². The van der Waals surface area contributed by atoms with Crippen LogP contribution in [0.15, 0.2) is 24.3 Å². The third-order valence-corrected chi connectivity index (χ3v) is 4.44. The van der Waals surface area contributed by atoms with E-state index in [1.54, 1.807) is 4.90 Å². The van der Waals surface area contributed by atoms with Crippen molar-refractivity contribution < 1.29 is 14.7 Å². The van der Waals surface area contributed by atoms with Crippen LogP contribution in [-0.2, 0) is 9.59 Å². The molecule has 1 aromatic rings. The first-order valence-electron chi connectivity index (χ1n) is 8.07. The van der Waals surface area contributed by atoms with Crippen molar-refractivity contribution in [3.05, 3.63) is 24.3 Å². The molecule has 2 unspecified atom stereocenters. The predicted molar refractivity (Wildman–Crippen MR) is 88.4 cm³/mol. The summed E-state index contributed by atoms with van der Waals surface area (Å²) in [5, 5.41) is 12.1. The first-order chi connectivity index (χ1) is 11.0. The lowest BCUT2D eigenvalue weighted by Crippen LogP contribution is -2.53. The maximum absolute atomic E-state index is 13.0. The van der Waals surface area contributed by atoms with Crippen molar-refractivity contribution in [3.8, 4) is 0 Å². The fourth-order valence-electron chi connectivity index (χ4n) is 2.92. The van der Waals surface area contributed by atoms with Crippen molar-refractivity contribution >= 4 is 23.2 Å². The third-order valence-electron chi connectivity index (χ3n) is 4.44. The minimum Gasteiger partial charge on any atom is -0.384 e. The molecule has 2 aliphatic rings. The van der Waals surface area contributed by atoms with Crippen LogP contribution in [0.4, 0.5) is 11.4 Å². The Hall–Kier alpha value is -2.08. The van der Waals surface area contributed by atoms with E-state index >= 15 is 0 Å². The van der Waals surface area contributed by atoms with Gasteiger partial charge >= 0.3 is 0 Å². The number of anilines is 2. The largest absolute Gasteiger partial charge is 0.384 e. The lowest BCUT2D eigenvalue weighted by atomic mass is 10.2. The summed E-state index contributed by atoms with van der Waals surface area (Å²) in [6.45, 7) is 2.47. The average Bonchev–Trinajstić information content (AvgIpc) is 3.35. The summed E-state index contributed by atoms with van der Waals surface area (Å²) in [4.78, 5) is 28.6. The van der Waals surface area contributed by atoms with Crippen LogP contribution in [0.1, 0.15) is 19.8 Å². The number of likely N-dealkylation sites (N-methyl/N-ethyl adjacent to an activating group) is 1. The van der Waals surface area contributed by atoms with Gasteiger partial charge in [0.05, 0.1) is 11.4 Å². The molecular weight excluding hydrogens is 294 g/mol. The molecule has 6 nitrogen and oxygen atoms in total. The van der Waals surface area contributed by atoms with Gasteiger partial charge in [-0.25, -0.2) is 0 Å². The van der Waals surface area contributed by atoms with Gasteiger partial charge in [-0.1, -0.05) is 12.1 Å². The minimum atomic E-state index is -1.13. The van der Waals surface area contributed by atoms with Gasteiger partial charge in [-0.3, -0.25) is 9.59 Å². The van der Waals surface area contributed by atoms with Crippen LogP contribution in [0.5, 0.6) is 0 Å². The summed E-state index contributed by atoms with van der Waals surface area (Å²) >= 11 is 0. The van der Waals surface area contributed by atoms with Crippen LogP contribution in [0.25, 0.3) is 0 Å². The number of rotatable bonds is 4. The molecule has 0 saturated heterocycles. The summed E-state index contributed by atoms with van der Waals surface area (Å²) in [5.74, 6) is -0.0830. The number of fused-ring (bicyclic) bond motifs is 1. The van der Waals surface area contributed by atoms with E-state index in [4.69, 9.17) is 0 Å². The van der Waals surface area contributed by atoms with Crippen molar-refractivity contribution in [2.75, 3.05) is 29.9 Å². The lowest BCUT2D eigenvalue weighted by molar-refractivity contribution is -0.132. The van der Waals surface area contributed by atoms with E-state index in [9.17, 15) is 14.7 Å². The molecular formula is C17H23N3O3. The standard InChI is InChI=1S/C17H23N3O3/c1-11(21)16(22)18-13-10-19(2)14-5-3-4-6-15(14)20(17(13)23)9-12-7-8-12/h3-6,11-13,21H,7-10H2,1-2H3,(H,18,22). The highest BCUT2D eigenvalue weighted by molar-refractivity contribution is 6.03. The van der Waals surface area contributed by atoms with Gasteiger partial charge in [0.2, 0.25) is 5.91 Å². The molecule has 0 radical (unpaired) electrons. The number of aliphatic hydroxyl groups is 1. The fraction of sp³-hybridized carbons (Fsp3) is 0.529. The maximum atomic E-state index is 13.0. The van der Waals surface area contributed by atoms with E-state index in [0.717, 1.165) is 24.2 Å². The minimum absolute atomic E-state index is 0.109. The van der Waals surface area contributed by atoms with Crippen molar-refractivity contribution in [3.63, 3.8) is 0 Å². The van der Waals surface area contributed by atoms with Gasteiger partial charge in [-0.2, -0.15) is 0 Å². The maximum Gasteiger partial charge on any atom is 0.251 e. The molecule has 0 aromatic heterocycles. The van der Waals surface area contributed by atoms with E-state index in [-0.39, 0.29) is 5.91 Å². The number of nitrogens with one attached hydrogen (secondary N) is 1. The second-order valence-electron chi connectivity index (χ2n) is 6.50. The van der Waals surface area contributed by atoms with Crippen LogP contribution >= 0.6 is 0 Å². The van der Waals surface area contributed by atoms with Gasteiger partial charge in [0.15, 0.2) is 0 Å². The van der Waals surface area contributed by atoms with E-state index in [0.29, 0.717) is 19.0 Å². The Bertz CT molecular complexity index is 613. The quantitative estimate of drug-likeness (QED) is 0.859. The first kappa shape index (κ1) is 15.8. The molecule has 23 heavy (non-hydrogen) atoms. The van der Waals surface area contributed by atoms with Gasteiger partial charge in [0.1, 0.15) is 12.1 Å². The van der Waals surface area contributed by atoms with Gasteiger partial charge in [-0.15, -0.1) is 0 Å². The smallest absolute Gasteiger partial charge is 0.251 e. The van der Waals surface area contributed by atoms with Crippen LogP contribution < -0.4 is 15.1 Å². The van der Waals surface area contributed by atoms with E-state index in [1.807, 2.05) is 36.2 Å². The molecule has 0 spiro atoms. The van der Waals surface area contributed by atoms with E-state index in [2.05, 4.69) is 5.32 Å². The molecule has 0 bridgehead atoms. The Morgan fingerprint density at radius 2 is 2.00 bits per heavy atom. The lowest BCUT2D eigenvalue weighted by Gasteiger charge is -2.25. The van der Waals surface area contributed by atoms with Crippen molar-refractivity contribution in [1.82, 2.24) is 5.32 Å². The van der Waals surface area contributed by atoms with Crippen LogP contribution in [0.3, 0.4) is 0 Å². The van der Waals surface area contributed by atoms with Gasteiger partial charge < -0.3 is 20.2 Å². The summed E-state index contributed by atoms with van der Waals surface area (Å²) in [5.41, 5.74) is 1.87. The number of aliphatic hydroxyl groups excluding tert-OH is 1. The molecule has 3 rings (SSSR count). The molecule has 2 N–H and O–H groups in total. The Morgan fingerprint density at radius 1 is 1.35 bits per heavy atom. The Balaban J connectivity index is 1.91. The molecule has 1 heterocycles. The van der Waals surface area contributed by atoms with E-state index < -0.39 is 18.1 Å². The monoisotopic (exact) mass is 317 g/mol. The number of carbonyl (C=O) groups is 2. The summed E-state index contributed by atoms with van der Waals surface area (Å²) in [6.07, 6.45) is 1.16. The van der Waals surface area contributed by atoms with Gasteiger partial charge in [0, 0.05) is 20.1 Å². The second-order valence-corrected chi connectivity index (χ2v) is 6.50. The molecule has 2 amide bonds. The zero-order valence-electron chi connectivity index (χ0n) is 13.5. The third kappa shape index (κ3) is 3.32. The number of hydrogen-bond donors (Lipinski definition) is 2. The predicted octanol–water partition coefficient (Wildman–Crippen LogP) is 0.745. The fourth-order valence-corrected chi connectivity index (χ4v) is 2.92. The van der Waals surface area contributed by atoms with Crippen LogP contribution in [0.2, 0.25) is 0 Å². The molecule has 1 saturated carbocycles. The Morgan fingerprint density at radius 3 is 2.61 bits per heavy atom. The number of benzene rings is 1. The molecule has 1 fully saturated rings. The van der Waals surface area contributed by atoms with Crippen molar-refractivity contribution in [2.24, 2.45) is 5.92 Å². The molecule has 2 atom stereocenters. The second kappa shape index (κ2) is 6.20. The SMILES string of the molecule is CC(O)C(=O)NC1CN(C)c2ccccc2N(CC2CC2)C1=O. The summed E-state index contributed by atoms with van der Waals surface area (Å²) < 4.78 is 0. The van der Waals surface area contributed by atoms with Crippen LogP contribution in [0, 0.1) is 5.92 Å². The molecule has 124 valence electrons. The molecule has 1 aliphatic heterocycles. The summed E-state index contributed by atoms with van der Waals surface area (Å²) in [6, 6.07) is 7.15. The number of hydrogen-bond acceptors (Lipinski definition) is 4. The number of nitrogens with zero attached hydrogens (tertiary/aromatic N) is 2. The topological polar surface area (TPSA) is 72.9 Å². The zero-order chi connectivity index (χ0) is 16.6. The zero-order valence-corrected chi connectivity index (χ0v) is 13.5. The number of para-hydroxylation sites is 2. The number of carbonyl (C=O) groups excluding carboxylic acids is 2. The average molecular weight is 317 g/mol. The van der Waals surface area contributed by atoms with Crippen LogP contribution in [-0.4, -0.2) is 49.2 Å². The van der Waals surface area contributed by atoms with Crippen molar-refractivity contribution in [1.29, 1.82) is 0 Å².